The van der Waals surface area contributed by atoms with Gasteiger partial charge in [0.2, 0.25) is 5.91 Å². The molecule has 152 valence electrons. The van der Waals surface area contributed by atoms with Crippen molar-refractivity contribution in [3.05, 3.63) is 34.9 Å². The average molecular weight is 428 g/mol. The van der Waals surface area contributed by atoms with Gasteiger partial charge in [-0.15, -0.1) is 0 Å². The third kappa shape index (κ3) is 6.71. The number of hydrogen-bond donors (Lipinski definition) is 1. The Bertz CT molecular complexity index is 609. The molecule has 0 bridgehead atoms. The number of hydrogen-bond acceptors (Lipinski definition) is 3. The summed E-state index contributed by atoms with van der Waals surface area (Å²) >= 11 is 6.22. The molecule has 1 aliphatic rings. The molecule has 1 aromatic carbocycles. The number of rotatable bonds is 11. The molecule has 27 heavy (non-hydrogen) atoms. The van der Waals surface area contributed by atoms with Crippen molar-refractivity contribution in [2.75, 3.05) is 0 Å². The van der Waals surface area contributed by atoms with Gasteiger partial charge >= 0.3 is 0 Å². The van der Waals surface area contributed by atoms with Crippen LogP contribution in [0.5, 0.6) is 0 Å². The summed E-state index contributed by atoms with van der Waals surface area (Å²) < 4.78 is 12.3. The van der Waals surface area contributed by atoms with Gasteiger partial charge < -0.3 is 14.2 Å². The van der Waals surface area contributed by atoms with Gasteiger partial charge in [0.1, 0.15) is 6.29 Å². The first kappa shape index (κ1) is 22.6. The van der Waals surface area contributed by atoms with Gasteiger partial charge in [-0.3, -0.25) is 4.79 Å². The highest BCUT2D eigenvalue weighted by Gasteiger charge is 2.38. The van der Waals surface area contributed by atoms with Crippen LogP contribution in [0.4, 0.5) is 0 Å². The quantitative estimate of drug-likeness (QED) is 0.435. The molecule has 7 heteroatoms. The summed E-state index contributed by atoms with van der Waals surface area (Å²) in [6.45, 7) is 8.86. The predicted molar refractivity (Wildman–Crippen MR) is 118 cm³/mol. The smallest absolute Gasteiger partial charge is 0.220 e. The summed E-state index contributed by atoms with van der Waals surface area (Å²) in [5.41, 5.74) is 1.15. The lowest BCUT2D eigenvalue weighted by atomic mass is 9.72. The van der Waals surface area contributed by atoms with Gasteiger partial charge in [0, 0.05) is 22.9 Å². The number of nitrogens with one attached hydrogen (secondary N) is 1. The fourth-order valence-corrected chi connectivity index (χ4v) is 6.02. The Morgan fingerprint density at radius 1 is 1.30 bits per heavy atom. The number of amides is 1. The van der Waals surface area contributed by atoms with E-state index in [1.165, 1.54) is 5.56 Å². The van der Waals surface area contributed by atoms with Crippen molar-refractivity contribution in [1.82, 2.24) is 5.32 Å². The number of carbonyl (C=O) groups is 1. The largest absolute Gasteiger partial charge is 0.400 e. The molecule has 2 atom stereocenters. The molecule has 0 radical (unpaired) electrons. The van der Waals surface area contributed by atoms with Crippen LogP contribution < -0.4 is 5.32 Å². The van der Waals surface area contributed by atoms with Crippen LogP contribution in [0.2, 0.25) is 18.1 Å². The molecule has 1 fully saturated rings. The molecule has 1 aliphatic heterocycles. The Morgan fingerprint density at radius 3 is 2.56 bits per heavy atom. The van der Waals surface area contributed by atoms with E-state index >= 15 is 0 Å². The topological polar surface area (TPSA) is 47.6 Å². The SMILES string of the molecule is C[SiH2]OC(O[SiH2]C)C(C)(C)C(CCC1CCC(=O)N1)Cc1cccc(Cl)c1. The van der Waals surface area contributed by atoms with E-state index in [0.717, 1.165) is 30.7 Å². The van der Waals surface area contributed by atoms with E-state index in [0.29, 0.717) is 18.4 Å². The van der Waals surface area contributed by atoms with Crippen LogP contribution in [0.3, 0.4) is 0 Å². The van der Waals surface area contributed by atoms with Crippen molar-refractivity contribution in [2.24, 2.45) is 11.3 Å². The molecule has 1 aromatic rings. The first-order chi connectivity index (χ1) is 12.9. The van der Waals surface area contributed by atoms with Gasteiger partial charge in [-0.1, -0.05) is 50.7 Å². The Balaban J connectivity index is 2.16. The minimum Gasteiger partial charge on any atom is -0.400 e. The van der Waals surface area contributed by atoms with E-state index in [9.17, 15) is 4.79 Å². The lowest BCUT2D eigenvalue weighted by Gasteiger charge is -2.41. The highest BCUT2D eigenvalue weighted by atomic mass is 35.5. The van der Waals surface area contributed by atoms with Crippen molar-refractivity contribution in [2.45, 2.75) is 71.4 Å². The van der Waals surface area contributed by atoms with Crippen molar-refractivity contribution < 1.29 is 13.6 Å². The van der Waals surface area contributed by atoms with Crippen LogP contribution >= 0.6 is 11.6 Å². The average Bonchev–Trinajstić information content (AvgIpc) is 3.03. The fourth-order valence-electron chi connectivity index (χ4n) is 3.95. The predicted octanol–water partition coefficient (Wildman–Crippen LogP) is 3.21. The lowest BCUT2D eigenvalue weighted by molar-refractivity contribution is -0.119. The van der Waals surface area contributed by atoms with Crippen molar-refractivity contribution in [3.63, 3.8) is 0 Å². The molecule has 0 saturated carbocycles. The summed E-state index contributed by atoms with van der Waals surface area (Å²) in [7, 11) is -1.12. The Hall–Kier alpha value is -0.666. The highest BCUT2D eigenvalue weighted by molar-refractivity contribution is 6.30. The maximum Gasteiger partial charge on any atom is 0.220 e. The van der Waals surface area contributed by atoms with Gasteiger partial charge in [-0.25, -0.2) is 0 Å². The first-order valence-corrected chi connectivity index (χ1v) is 14.5. The molecule has 4 nitrogen and oxygen atoms in total. The minimum atomic E-state index is -0.559. The molecule has 2 unspecified atom stereocenters. The van der Waals surface area contributed by atoms with Crippen LogP contribution in [0.25, 0.3) is 0 Å². The molecule has 1 heterocycles. The standard InChI is InChI=1S/C20H34ClNO3Si2/c1-20(2,19(24-26-3)25-27-4)15(8-9-17-10-11-18(23)22-17)12-14-6-5-7-16(21)13-14/h5-7,13,15,17,19H,8-12,26-27H2,1-4H3,(H,22,23). The normalized spacial score (nSPS) is 20.6. The summed E-state index contributed by atoms with van der Waals surface area (Å²) in [5.74, 6) is 0.573. The van der Waals surface area contributed by atoms with Gasteiger partial charge in [-0.2, -0.15) is 0 Å². The van der Waals surface area contributed by atoms with E-state index < -0.39 is 19.5 Å². The summed E-state index contributed by atoms with van der Waals surface area (Å²) in [6, 6.07) is 8.44. The second-order valence-electron chi connectivity index (χ2n) is 7.98. The van der Waals surface area contributed by atoms with E-state index in [4.69, 9.17) is 20.5 Å². The third-order valence-corrected chi connectivity index (χ3v) is 7.12. The van der Waals surface area contributed by atoms with Crippen LogP contribution in [0.15, 0.2) is 24.3 Å². The van der Waals surface area contributed by atoms with E-state index in [2.05, 4.69) is 44.4 Å². The molecule has 0 aliphatic carbocycles. The second-order valence-corrected chi connectivity index (χ2v) is 10.2. The van der Waals surface area contributed by atoms with E-state index in [1.807, 2.05) is 12.1 Å². The zero-order valence-electron chi connectivity index (χ0n) is 17.1. The Morgan fingerprint density at radius 2 is 2.00 bits per heavy atom. The van der Waals surface area contributed by atoms with Crippen LogP contribution in [-0.4, -0.2) is 37.8 Å². The molecule has 1 amide bonds. The maximum absolute atomic E-state index is 11.5. The van der Waals surface area contributed by atoms with Crippen LogP contribution in [0.1, 0.15) is 45.1 Å². The van der Waals surface area contributed by atoms with Crippen molar-refractivity contribution in [3.8, 4) is 0 Å². The number of halogens is 1. The Labute approximate surface area is 173 Å². The van der Waals surface area contributed by atoms with Crippen molar-refractivity contribution >= 4 is 37.0 Å². The number of carbonyl (C=O) groups excluding carboxylic acids is 1. The zero-order valence-corrected chi connectivity index (χ0v) is 20.7. The monoisotopic (exact) mass is 427 g/mol. The molecule has 0 aromatic heterocycles. The number of benzene rings is 1. The highest BCUT2D eigenvalue weighted by Crippen LogP contribution is 2.39. The second kappa shape index (κ2) is 10.8. The van der Waals surface area contributed by atoms with Gasteiger partial charge in [-0.05, 0) is 49.3 Å². The molecule has 0 spiro atoms. The van der Waals surface area contributed by atoms with Crippen molar-refractivity contribution in [1.29, 1.82) is 0 Å². The van der Waals surface area contributed by atoms with Crippen LogP contribution in [-0.2, 0) is 20.1 Å². The summed E-state index contributed by atoms with van der Waals surface area (Å²) in [5, 5.41) is 3.88. The van der Waals surface area contributed by atoms with Gasteiger partial charge in [0.15, 0.2) is 19.5 Å². The fraction of sp³-hybridized carbons (Fsp3) is 0.650. The lowest BCUT2D eigenvalue weighted by Crippen LogP contribution is -2.43. The first-order valence-electron chi connectivity index (χ1n) is 10.1. The summed E-state index contributed by atoms with van der Waals surface area (Å²) in [4.78, 5) is 11.5. The third-order valence-electron chi connectivity index (χ3n) is 5.62. The molecule has 1 saturated heterocycles. The van der Waals surface area contributed by atoms with E-state index in [1.54, 1.807) is 0 Å². The van der Waals surface area contributed by atoms with E-state index in [-0.39, 0.29) is 17.6 Å². The minimum absolute atomic E-state index is 0.100. The molecule has 2 rings (SSSR count). The molecular weight excluding hydrogens is 394 g/mol. The van der Waals surface area contributed by atoms with Gasteiger partial charge in [0.25, 0.3) is 0 Å². The molecular formula is C20H34ClNO3Si2. The van der Waals surface area contributed by atoms with Gasteiger partial charge in [0.05, 0.1) is 0 Å². The Kier molecular flexibility index (Phi) is 9.02. The van der Waals surface area contributed by atoms with Crippen LogP contribution in [0, 0.1) is 11.3 Å². The molecule has 1 N–H and O–H groups in total. The maximum atomic E-state index is 11.5. The zero-order chi connectivity index (χ0) is 19.9. The summed E-state index contributed by atoms with van der Waals surface area (Å²) in [6.07, 6.45) is 4.44.